The summed E-state index contributed by atoms with van der Waals surface area (Å²) in [4.78, 5) is 17.6. The molecule has 17 heavy (non-hydrogen) atoms. The van der Waals surface area contributed by atoms with Crippen molar-refractivity contribution < 1.29 is 9.63 Å². The van der Waals surface area contributed by atoms with Crippen molar-refractivity contribution in [1.29, 1.82) is 0 Å². The minimum Gasteiger partial charge on any atom is -0.272 e. The van der Waals surface area contributed by atoms with Gasteiger partial charge in [-0.1, -0.05) is 11.6 Å². The number of carbonyl (C=O) groups excluding carboxylic acids is 1. The van der Waals surface area contributed by atoms with Crippen LogP contribution in [0.2, 0.25) is 5.02 Å². The molecule has 1 rings (SSSR count). The molecule has 0 radical (unpaired) electrons. The van der Waals surface area contributed by atoms with Gasteiger partial charge in [0.25, 0.3) is 5.91 Å². The molecule has 1 aromatic rings. The maximum Gasteiger partial charge on any atom is 0.253 e. The van der Waals surface area contributed by atoms with Crippen molar-refractivity contribution in [3.63, 3.8) is 0 Å². The zero-order valence-electron chi connectivity index (χ0n) is 10.1. The molecule has 0 aromatic heterocycles. The summed E-state index contributed by atoms with van der Waals surface area (Å²) in [7, 11) is 0. The van der Waals surface area contributed by atoms with E-state index in [1.807, 2.05) is 32.9 Å². The van der Waals surface area contributed by atoms with E-state index in [0.717, 1.165) is 4.90 Å². The van der Waals surface area contributed by atoms with Crippen LogP contribution in [0.1, 0.15) is 20.8 Å². The van der Waals surface area contributed by atoms with Gasteiger partial charge in [0.1, 0.15) is 0 Å². The van der Waals surface area contributed by atoms with E-state index in [1.165, 1.54) is 11.8 Å². The second-order valence-electron chi connectivity index (χ2n) is 4.48. The molecule has 1 amide bonds. The van der Waals surface area contributed by atoms with Crippen molar-refractivity contribution in [3.8, 4) is 0 Å². The molecule has 0 fully saturated rings. The second kappa shape index (κ2) is 6.28. The lowest BCUT2D eigenvalue weighted by Gasteiger charge is -2.18. The fraction of sp³-hybridized carbons (Fsp3) is 0.417. The van der Waals surface area contributed by atoms with Gasteiger partial charge in [0.2, 0.25) is 0 Å². The Bertz CT molecular complexity index is 373. The Morgan fingerprint density at radius 1 is 1.35 bits per heavy atom. The maximum atomic E-state index is 11.4. The van der Waals surface area contributed by atoms with Gasteiger partial charge in [-0.2, -0.15) is 0 Å². The van der Waals surface area contributed by atoms with Crippen LogP contribution in [0.3, 0.4) is 0 Å². The highest BCUT2D eigenvalue weighted by atomic mass is 35.5. The second-order valence-corrected chi connectivity index (χ2v) is 5.97. The molecule has 1 aromatic carbocycles. The van der Waals surface area contributed by atoms with Gasteiger partial charge < -0.3 is 0 Å². The lowest BCUT2D eigenvalue weighted by molar-refractivity contribution is -0.142. The number of hydrogen-bond acceptors (Lipinski definition) is 3. The predicted octanol–water partition coefficient (Wildman–Crippen LogP) is 3.28. The Morgan fingerprint density at radius 3 is 2.47 bits per heavy atom. The Morgan fingerprint density at radius 2 is 1.94 bits per heavy atom. The van der Waals surface area contributed by atoms with Gasteiger partial charge in [0.15, 0.2) is 0 Å². The summed E-state index contributed by atoms with van der Waals surface area (Å²) in [6.07, 6.45) is 0. The van der Waals surface area contributed by atoms with Crippen molar-refractivity contribution in [2.24, 2.45) is 0 Å². The highest BCUT2D eigenvalue weighted by molar-refractivity contribution is 8.00. The minimum atomic E-state index is -0.374. The average Bonchev–Trinajstić information content (AvgIpc) is 2.25. The molecule has 0 aliphatic rings. The Hall–Kier alpha value is -0.710. The molecule has 1 N–H and O–H groups in total. The molecular formula is C12H16ClNO2S. The lowest BCUT2D eigenvalue weighted by Crippen LogP contribution is -2.34. The van der Waals surface area contributed by atoms with E-state index in [2.05, 4.69) is 5.48 Å². The number of amides is 1. The lowest BCUT2D eigenvalue weighted by atomic mass is 10.2. The van der Waals surface area contributed by atoms with Crippen LogP contribution >= 0.6 is 23.4 Å². The first-order chi connectivity index (χ1) is 7.87. The Kier molecular flexibility index (Phi) is 5.31. The SMILES string of the molecule is CC(C)(C)ONC(=O)CSc1ccc(Cl)cc1. The normalized spacial score (nSPS) is 11.3. The first-order valence-corrected chi connectivity index (χ1v) is 6.58. The van der Waals surface area contributed by atoms with Gasteiger partial charge in [-0.15, -0.1) is 11.8 Å². The van der Waals surface area contributed by atoms with Gasteiger partial charge in [0.05, 0.1) is 11.4 Å². The van der Waals surface area contributed by atoms with Crippen molar-refractivity contribution >= 4 is 29.3 Å². The molecule has 3 nitrogen and oxygen atoms in total. The van der Waals surface area contributed by atoms with Gasteiger partial charge >= 0.3 is 0 Å². The van der Waals surface area contributed by atoms with Crippen LogP contribution in [0.5, 0.6) is 0 Å². The molecule has 0 aliphatic heterocycles. The van der Waals surface area contributed by atoms with E-state index in [4.69, 9.17) is 16.4 Å². The first-order valence-electron chi connectivity index (χ1n) is 5.22. The molecule has 0 heterocycles. The molecule has 0 saturated carbocycles. The molecule has 94 valence electrons. The van der Waals surface area contributed by atoms with E-state index in [9.17, 15) is 4.79 Å². The largest absolute Gasteiger partial charge is 0.272 e. The van der Waals surface area contributed by atoms with Crippen LogP contribution in [0, 0.1) is 0 Å². The summed E-state index contributed by atoms with van der Waals surface area (Å²) in [6, 6.07) is 7.36. The number of nitrogens with one attached hydrogen (secondary N) is 1. The third-order valence-corrected chi connectivity index (χ3v) is 2.92. The molecular weight excluding hydrogens is 258 g/mol. The van der Waals surface area contributed by atoms with E-state index < -0.39 is 0 Å². The van der Waals surface area contributed by atoms with E-state index in [-0.39, 0.29) is 11.5 Å². The molecule has 0 aliphatic carbocycles. The summed E-state index contributed by atoms with van der Waals surface area (Å²) in [5, 5.41) is 0.690. The number of hydroxylamine groups is 1. The zero-order chi connectivity index (χ0) is 12.9. The third kappa shape index (κ3) is 6.56. The zero-order valence-corrected chi connectivity index (χ0v) is 11.7. The first kappa shape index (κ1) is 14.4. The summed E-state index contributed by atoms with van der Waals surface area (Å²) < 4.78 is 0. The minimum absolute atomic E-state index is 0.153. The summed E-state index contributed by atoms with van der Waals surface area (Å²) >= 11 is 7.20. The summed E-state index contributed by atoms with van der Waals surface area (Å²) in [5.41, 5.74) is 2.04. The molecule has 0 spiro atoms. The molecule has 0 saturated heterocycles. The average molecular weight is 274 g/mol. The number of rotatable bonds is 4. The van der Waals surface area contributed by atoms with Gasteiger partial charge in [-0.05, 0) is 45.0 Å². The smallest absolute Gasteiger partial charge is 0.253 e. The van der Waals surface area contributed by atoms with Gasteiger partial charge in [0, 0.05) is 9.92 Å². The summed E-state index contributed by atoms with van der Waals surface area (Å²) in [5.74, 6) is 0.164. The standard InChI is InChI=1S/C12H16ClNO2S/c1-12(2,3)16-14-11(15)8-17-10-6-4-9(13)5-7-10/h4-7H,8H2,1-3H3,(H,14,15). The monoisotopic (exact) mass is 273 g/mol. The highest BCUT2D eigenvalue weighted by Crippen LogP contribution is 2.19. The predicted molar refractivity (Wildman–Crippen MR) is 71.2 cm³/mol. The van der Waals surface area contributed by atoms with Crippen molar-refractivity contribution in [1.82, 2.24) is 5.48 Å². The van der Waals surface area contributed by atoms with Gasteiger partial charge in [-0.25, -0.2) is 5.48 Å². The molecule has 0 atom stereocenters. The molecule has 0 bridgehead atoms. The number of thioether (sulfide) groups is 1. The highest BCUT2D eigenvalue weighted by Gasteiger charge is 2.12. The number of carbonyl (C=O) groups is 1. The van der Waals surface area contributed by atoms with E-state index in [0.29, 0.717) is 10.8 Å². The molecule has 0 unspecified atom stereocenters. The maximum absolute atomic E-state index is 11.4. The van der Waals surface area contributed by atoms with Crippen LogP contribution in [0.15, 0.2) is 29.2 Å². The van der Waals surface area contributed by atoms with E-state index in [1.54, 1.807) is 12.1 Å². The Balaban J connectivity index is 2.31. The van der Waals surface area contributed by atoms with Crippen molar-refractivity contribution in [3.05, 3.63) is 29.3 Å². The number of benzene rings is 1. The fourth-order valence-electron chi connectivity index (χ4n) is 0.919. The summed E-state index contributed by atoms with van der Waals surface area (Å²) in [6.45, 7) is 5.62. The van der Waals surface area contributed by atoms with Gasteiger partial charge in [-0.3, -0.25) is 9.63 Å². The Labute approximate surface area is 111 Å². The van der Waals surface area contributed by atoms with Crippen molar-refractivity contribution in [2.45, 2.75) is 31.3 Å². The topological polar surface area (TPSA) is 38.3 Å². The molecule has 5 heteroatoms. The number of halogens is 1. The van der Waals surface area contributed by atoms with Crippen molar-refractivity contribution in [2.75, 3.05) is 5.75 Å². The number of hydrogen-bond donors (Lipinski definition) is 1. The van der Waals surface area contributed by atoms with Crippen LogP contribution in [-0.2, 0) is 9.63 Å². The fourth-order valence-corrected chi connectivity index (χ4v) is 1.73. The van der Waals surface area contributed by atoms with Crippen LogP contribution in [0.25, 0.3) is 0 Å². The van der Waals surface area contributed by atoms with E-state index >= 15 is 0 Å². The van der Waals surface area contributed by atoms with Crippen LogP contribution < -0.4 is 5.48 Å². The quantitative estimate of drug-likeness (QED) is 0.676. The van der Waals surface area contributed by atoms with Crippen LogP contribution in [-0.4, -0.2) is 17.3 Å². The van der Waals surface area contributed by atoms with Crippen LogP contribution in [0.4, 0.5) is 0 Å². The third-order valence-electron chi connectivity index (χ3n) is 1.65.